The fourth-order valence-corrected chi connectivity index (χ4v) is 3.94. The van der Waals surface area contributed by atoms with Gasteiger partial charge >= 0.3 is 5.97 Å². The lowest BCUT2D eigenvalue weighted by Gasteiger charge is -2.45. The van der Waals surface area contributed by atoms with Gasteiger partial charge in [-0.25, -0.2) is 0 Å². The highest BCUT2D eigenvalue weighted by Gasteiger charge is 2.60. The van der Waals surface area contributed by atoms with E-state index < -0.39 is 5.97 Å². The van der Waals surface area contributed by atoms with E-state index in [9.17, 15) is 9.90 Å². The second-order valence-electron chi connectivity index (χ2n) is 6.06. The molecule has 2 N–H and O–H groups in total. The summed E-state index contributed by atoms with van der Waals surface area (Å²) < 4.78 is 0. The van der Waals surface area contributed by atoms with Gasteiger partial charge in [0.05, 0.1) is 0 Å². The van der Waals surface area contributed by atoms with E-state index in [0.29, 0.717) is 5.92 Å². The molecule has 1 aliphatic carbocycles. The van der Waals surface area contributed by atoms with Gasteiger partial charge in [0.2, 0.25) is 0 Å². The summed E-state index contributed by atoms with van der Waals surface area (Å²) in [5.41, 5.74) is 0.0412. The monoisotopic (exact) mass is 211 g/mol. The fraction of sp³-hybridized carbons (Fsp3) is 0.917. The van der Waals surface area contributed by atoms with E-state index in [1.165, 1.54) is 12.8 Å². The number of fused-ring (bicyclic) bond motifs is 1. The Morgan fingerprint density at radius 3 is 2.67 bits per heavy atom. The van der Waals surface area contributed by atoms with E-state index in [1.807, 2.05) is 0 Å². The van der Waals surface area contributed by atoms with Gasteiger partial charge in [0, 0.05) is 5.41 Å². The third-order valence-corrected chi connectivity index (χ3v) is 4.60. The first kappa shape index (κ1) is 10.9. The maximum absolute atomic E-state index is 11.3. The van der Waals surface area contributed by atoms with E-state index in [4.69, 9.17) is 0 Å². The quantitative estimate of drug-likeness (QED) is 0.696. The predicted molar refractivity (Wildman–Crippen MR) is 58.7 cm³/mol. The minimum atomic E-state index is -0.672. The molecule has 0 aromatic heterocycles. The highest BCUT2D eigenvalue weighted by molar-refractivity contribution is 5.75. The van der Waals surface area contributed by atoms with E-state index in [2.05, 4.69) is 26.1 Å². The number of hydrogen-bond acceptors (Lipinski definition) is 2. The number of nitrogens with one attached hydrogen (secondary N) is 1. The normalized spacial score (nSPS) is 40.5. The van der Waals surface area contributed by atoms with Crippen LogP contribution in [0.25, 0.3) is 0 Å². The van der Waals surface area contributed by atoms with Crippen LogP contribution in [0.4, 0.5) is 0 Å². The molecular weight excluding hydrogens is 190 g/mol. The van der Waals surface area contributed by atoms with Crippen LogP contribution in [0.5, 0.6) is 0 Å². The summed E-state index contributed by atoms with van der Waals surface area (Å²) in [6.07, 6.45) is 3.44. The molecule has 3 atom stereocenters. The Morgan fingerprint density at radius 2 is 2.13 bits per heavy atom. The summed E-state index contributed by atoms with van der Waals surface area (Å²) in [6, 6.07) is -0.343. The van der Waals surface area contributed by atoms with E-state index in [1.54, 1.807) is 0 Å². The summed E-state index contributed by atoms with van der Waals surface area (Å²) in [4.78, 5) is 11.3. The van der Waals surface area contributed by atoms with Crippen molar-refractivity contribution in [3.8, 4) is 0 Å². The molecule has 1 heterocycles. The fourth-order valence-electron chi connectivity index (χ4n) is 3.94. The van der Waals surface area contributed by atoms with Crippen LogP contribution in [0, 0.1) is 16.7 Å². The molecule has 1 saturated carbocycles. The lowest BCUT2D eigenvalue weighted by molar-refractivity contribution is -0.145. The van der Waals surface area contributed by atoms with Gasteiger partial charge in [0.15, 0.2) is 0 Å². The number of hydrogen-bond donors (Lipinski definition) is 2. The summed E-state index contributed by atoms with van der Waals surface area (Å²) >= 11 is 0. The van der Waals surface area contributed by atoms with Gasteiger partial charge in [0.1, 0.15) is 6.04 Å². The highest BCUT2D eigenvalue weighted by Crippen LogP contribution is 2.59. The van der Waals surface area contributed by atoms with E-state index in [0.717, 1.165) is 13.0 Å². The van der Waals surface area contributed by atoms with Gasteiger partial charge in [-0.1, -0.05) is 27.2 Å². The number of rotatable bonds is 1. The predicted octanol–water partition coefficient (Wildman–Crippen LogP) is 1.88. The molecule has 3 nitrogen and oxygen atoms in total. The summed E-state index contributed by atoms with van der Waals surface area (Å²) in [6.45, 7) is 7.45. The zero-order chi connectivity index (χ0) is 11.3. The molecule has 1 saturated heterocycles. The van der Waals surface area contributed by atoms with Crippen LogP contribution in [-0.2, 0) is 4.79 Å². The largest absolute Gasteiger partial charge is 0.480 e. The van der Waals surface area contributed by atoms with Crippen molar-refractivity contribution in [1.82, 2.24) is 5.32 Å². The maximum Gasteiger partial charge on any atom is 0.321 e. The molecule has 2 fully saturated rings. The lowest BCUT2D eigenvalue weighted by Crippen LogP contribution is -2.50. The van der Waals surface area contributed by atoms with Crippen LogP contribution in [0.3, 0.4) is 0 Å². The molecule has 0 amide bonds. The molecule has 2 rings (SSSR count). The molecule has 0 aromatic carbocycles. The molecule has 3 unspecified atom stereocenters. The lowest BCUT2D eigenvalue weighted by atomic mass is 9.59. The summed E-state index contributed by atoms with van der Waals surface area (Å²) in [5, 5.41) is 12.5. The van der Waals surface area contributed by atoms with Crippen LogP contribution < -0.4 is 5.32 Å². The van der Waals surface area contributed by atoms with Gasteiger partial charge < -0.3 is 10.4 Å². The van der Waals surface area contributed by atoms with E-state index >= 15 is 0 Å². The third kappa shape index (κ3) is 1.32. The van der Waals surface area contributed by atoms with Crippen molar-refractivity contribution in [1.29, 1.82) is 0 Å². The Hall–Kier alpha value is -0.570. The second-order valence-corrected chi connectivity index (χ2v) is 6.06. The van der Waals surface area contributed by atoms with Crippen molar-refractivity contribution in [3.05, 3.63) is 0 Å². The van der Waals surface area contributed by atoms with Crippen molar-refractivity contribution >= 4 is 5.97 Å². The average Bonchev–Trinajstić information content (AvgIpc) is 2.55. The van der Waals surface area contributed by atoms with Crippen molar-refractivity contribution in [2.24, 2.45) is 16.7 Å². The van der Waals surface area contributed by atoms with Gasteiger partial charge in [-0.15, -0.1) is 0 Å². The summed E-state index contributed by atoms with van der Waals surface area (Å²) in [7, 11) is 0. The number of aliphatic carboxylic acids is 1. The molecule has 1 aliphatic heterocycles. The number of carbonyl (C=O) groups is 1. The molecule has 0 bridgehead atoms. The molecule has 0 spiro atoms. The van der Waals surface area contributed by atoms with Gasteiger partial charge in [0.25, 0.3) is 0 Å². The van der Waals surface area contributed by atoms with Crippen molar-refractivity contribution in [2.75, 3.05) is 6.54 Å². The Kier molecular flexibility index (Phi) is 2.34. The Morgan fingerprint density at radius 1 is 1.47 bits per heavy atom. The SMILES string of the molecule is CC(C)(C)C12CCCC1CNC2C(=O)O. The number of carboxylic acids is 1. The highest BCUT2D eigenvalue weighted by atomic mass is 16.4. The molecule has 15 heavy (non-hydrogen) atoms. The van der Waals surface area contributed by atoms with Gasteiger partial charge in [-0.2, -0.15) is 0 Å². The topological polar surface area (TPSA) is 49.3 Å². The van der Waals surface area contributed by atoms with Crippen LogP contribution in [0.1, 0.15) is 40.0 Å². The number of carboxylic acid groups (broad SMARTS) is 1. The van der Waals surface area contributed by atoms with E-state index in [-0.39, 0.29) is 16.9 Å². The van der Waals surface area contributed by atoms with Crippen LogP contribution in [-0.4, -0.2) is 23.7 Å². The molecule has 0 aromatic rings. The minimum absolute atomic E-state index is 0.0289. The summed E-state index contributed by atoms with van der Waals surface area (Å²) in [5.74, 6) is -0.118. The minimum Gasteiger partial charge on any atom is -0.480 e. The molecule has 2 aliphatic rings. The van der Waals surface area contributed by atoms with Crippen LogP contribution >= 0.6 is 0 Å². The van der Waals surface area contributed by atoms with Crippen LogP contribution in [0.2, 0.25) is 0 Å². The van der Waals surface area contributed by atoms with Crippen molar-refractivity contribution < 1.29 is 9.90 Å². The Bertz CT molecular complexity index is 282. The molecule has 0 radical (unpaired) electrons. The van der Waals surface area contributed by atoms with Gasteiger partial charge in [-0.05, 0) is 30.7 Å². The average molecular weight is 211 g/mol. The van der Waals surface area contributed by atoms with Gasteiger partial charge in [-0.3, -0.25) is 4.79 Å². The smallest absolute Gasteiger partial charge is 0.321 e. The molecule has 86 valence electrons. The third-order valence-electron chi connectivity index (χ3n) is 4.60. The van der Waals surface area contributed by atoms with Crippen molar-refractivity contribution in [3.63, 3.8) is 0 Å². The second kappa shape index (κ2) is 3.21. The molecule has 3 heteroatoms. The first-order valence-electron chi connectivity index (χ1n) is 5.86. The Balaban J connectivity index is 2.41. The molecular formula is C12H21NO2. The van der Waals surface area contributed by atoms with Crippen molar-refractivity contribution in [2.45, 2.75) is 46.1 Å². The van der Waals surface area contributed by atoms with Crippen LogP contribution in [0.15, 0.2) is 0 Å². The zero-order valence-electron chi connectivity index (χ0n) is 9.84. The standard InChI is InChI=1S/C12H21NO2/c1-11(2,3)12-6-4-5-8(12)7-13-9(12)10(14)15/h8-9,13H,4-7H2,1-3H3,(H,14,15). The Labute approximate surface area is 91.2 Å². The first-order chi connectivity index (χ1) is 6.89. The zero-order valence-corrected chi connectivity index (χ0v) is 9.84. The first-order valence-corrected chi connectivity index (χ1v) is 5.86. The maximum atomic E-state index is 11.3.